The van der Waals surface area contributed by atoms with Crippen LogP contribution in [0, 0.1) is 0 Å². The lowest BCUT2D eigenvalue weighted by molar-refractivity contribution is 0.669. The van der Waals surface area contributed by atoms with Crippen molar-refractivity contribution in [2.45, 2.75) is 0 Å². The molecule has 0 fully saturated rings. The van der Waals surface area contributed by atoms with Crippen LogP contribution in [0.15, 0.2) is 209 Å². The minimum Gasteiger partial charge on any atom is -0.456 e. The molecule has 0 bridgehead atoms. The zero-order valence-electron chi connectivity index (χ0n) is 30.8. The highest BCUT2D eigenvalue weighted by atomic mass is 16.3. The Labute approximate surface area is 328 Å². The quantitative estimate of drug-likeness (QED) is 0.165. The van der Waals surface area contributed by atoms with Gasteiger partial charge in [-0.1, -0.05) is 140 Å². The highest BCUT2D eigenvalue weighted by Gasteiger charge is 2.18. The summed E-state index contributed by atoms with van der Waals surface area (Å²) in [4.78, 5) is 2.37. The molecule has 0 aliphatic heterocycles. The summed E-state index contributed by atoms with van der Waals surface area (Å²) in [5.74, 6) is 0. The van der Waals surface area contributed by atoms with Gasteiger partial charge >= 0.3 is 0 Å². The first-order valence-electron chi connectivity index (χ1n) is 19.4. The maximum absolute atomic E-state index is 6.43. The Morgan fingerprint density at radius 2 is 0.737 bits per heavy atom. The largest absolute Gasteiger partial charge is 0.456 e. The maximum Gasteiger partial charge on any atom is 0.143 e. The maximum atomic E-state index is 6.43. The van der Waals surface area contributed by atoms with Crippen molar-refractivity contribution in [2.24, 2.45) is 0 Å². The van der Waals surface area contributed by atoms with Gasteiger partial charge in [0.1, 0.15) is 22.3 Å². The van der Waals surface area contributed by atoms with Gasteiger partial charge in [-0.2, -0.15) is 0 Å². The van der Waals surface area contributed by atoms with Gasteiger partial charge in [0, 0.05) is 44.2 Å². The van der Waals surface area contributed by atoms with Crippen LogP contribution in [0.25, 0.3) is 98.4 Å². The van der Waals surface area contributed by atoms with Gasteiger partial charge in [0.2, 0.25) is 0 Å². The Balaban J connectivity index is 1.01. The molecule has 0 saturated carbocycles. The average molecular weight is 728 g/mol. The summed E-state index contributed by atoms with van der Waals surface area (Å²) >= 11 is 0. The van der Waals surface area contributed by atoms with E-state index < -0.39 is 0 Å². The highest BCUT2D eigenvalue weighted by molar-refractivity contribution is 6.26. The predicted molar refractivity (Wildman–Crippen MR) is 239 cm³/mol. The number of para-hydroxylation sites is 3. The van der Waals surface area contributed by atoms with Crippen LogP contribution in [0.3, 0.4) is 0 Å². The van der Waals surface area contributed by atoms with Crippen molar-refractivity contribution >= 4 is 93.3 Å². The second-order valence-corrected chi connectivity index (χ2v) is 14.8. The third kappa shape index (κ3) is 4.99. The Bertz CT molecular complexity index is 3480. The summed E-state index contributed by atoms with van der Waals surface area (Å²) < 4.78 is 12.6. The standard InChI is InChI=1S/C54H33NO2/c1-2-12-43-41(10-1)42-11-3-4-13-44(42)49-33-39(29-30-45(43)49)55(37-25-20-34(21-26-37)36-24-31-53-50(32-36)47-15-6-7-18-51(47)56-53)38-27-22-35(23-28-38)40-16-9-17-48-46-14-5-8-19-52(46)57-54(40)48/h1-33H. The van der Waals surface area contributed by atoms with E-state index in [0.29, 0.717) is 0 Å². The van der Waals surface area contributed by atoms with Crippen molar-refractivity contribution in [3.63, 3.8) is 0 Å². The lowest BCUT2D eigenvalue weighted by Gasteiger charge is -2.26. The lowest BCUT2D eigenvalue weighted by Crippen LogP contribution is -2.10. The zero-order chi connectivity index (χ0) is 37.5. The smallest absolute Gasteiger partial charge is 0.143 e. The highest BCUT2D eigenvalue weighted by Crippen LogP contribution is 2.43. The van der Waals surface area contributed by atoms with Gasteiger partial charge in [-0.15, -0.1) is 0 Å². The number of rotatable bonds is 5. The molecule has 0 atom stereocenters. The van der Waals surface area contributed by atoms with Gasteiger partial charge in [-0.25, -0.2) is 0 Å². The van der Waals surface area contributed by atoms with E-state index in [1.54, 1.807) is 0 Å². The monoisotopic (exact) mass is 727 g/mol. The molecule has 0 radical (unpaired) electrons. The number of hydrogen-bond donors (Lipinski definition) is 0. The summed E-state index contributed by atoms with van der Waals surface area (Å²) in [5.41, 5.74) is 11.4. The van der Waals surface area contributed by atoms with E-state index in [0.717, 1.165) is 83.2 Å². The summed E-state index contributed by atoms with van der Waals surface area (Å²) in [5, 5.41) is 12.1. The van der Waals surface area contributed by atoms with Crippen molar-refractivity contribution in [3.05, 3.63) is 200 Å². The van der Waals surface area contributed by atoms with E-state index in [-0.39, 0.29) is 0 Å². The number of anilines is 3. The average Bonchev–Trinajstić information content (AvgIpc) is 3.85. The van der Waals surface area contributed by atoms with Crippen LogP contribution in [-0.2, 0) is 0 Å². The molecule has 2 aromatic heterocycles. The number of benzene rings is 10. The molecular weight excluding hydrogens is 695 g/mol. The van der Waals surface area contributed by atoms with Crippen LogP contribution in [0.4, 0.5) is 17.1 Å². The van der Waals surface area contributed by atoms with E-state index in [9.17, 15) is 0 Å². The van der Waals surface area contributed by atoms with Crippen LogP contribution in [-0.4, -0.2) is 0 Å². The zero-order valence-corrected chi connectivity index (χ0v) is 30.8. The second kappa shape index (κ2) is 12.5. The normalized spacial score (nSPS) is 11.9. The first-order chi connectivity index (χ1) is 28.2. The Morgan fingerprint density at radius 3 is 1.40 bits per heavy atom. The van der Waals surface area contributed by atoms with E-state index in [2.05, 4.69) is 181 Å². The van der Waals surface area contributed by atoms with E-state index in [1.165, 1.54) is 32.3 Å². The third-order valence-electron chi connectivity index (χ3n) is 11.7. The number of nitrogens with zero attached hydrogens (tertiary/aromatic N) is 1. The molecule has 0 N–H and O–H groups in total. The molecule has 0 aliphatic rings. The van der Waals surface area contributed by atoms with Crippen molar-refractivity contribution in [1.29, 1.82) is 0 Å². The minimum atomic E-state index is 0.902. The lowest BCUT2D eigenvalue weighted by atomic mass is 9.94. The Kier molecular flexibility index (Phi) is 6.93. The van der Waals surface area contributed by atoms with Crippen molar-refractivity contribution in [3.8, 4) is 22.3 Å². The molecule has 0 amide bonds. The van der Waals surface area contributed by atoms with Crippen LogP contribution < -0.4 is 4.90 Å². The van der Waals surface area contributed by atoms with Crippen LogP contribution in [0.5, 0.6) is 0 Å². The van der Waals surface area contributed by atoms with E-state index >= 15 is 0 Å². The fourth-order valence-corrected chi connectivity index (χ4v) is 8.96. The number of furan rings is 2. The molecular formula is C54H33NO2. The molecule has 57 heavy (non-hydrogen) atoms. The molecule has 0 aliphatic carbocycles. The van der Waals surface area contributed by atoms with E-state index in [1.807, 2.05) is 24.3 Å². The molecule has 2 heterocycles. The van der Waals surface area contributed by atoms with Crippen molar-refractivity contribution in [2.75, 3.05) is 4.90 Å². The Hall–Kier alpha value is -7.62. The fourth-order valence-electron chi connectivity index (χ4n) is 8.96. The molecule has 12 aromatic rings. The molecule has 0 spiro atoms. The summed E-state index contributed by atoms with van der Waals surface area (Å²) in [6.45, 7) is 0. The van der Waals surface area contributed by atoms with Gasteiger partial charge in [0.25, 0.3) is 0 Å². The molecule has 10 aromatic carbocycles. The van der Waals surface area contributed by atoms with Gasteiger partial charge in [0.05, 0.1) is 0 Å². The summed E-state index contributed by atoms with van der Waals surface area (Å²) in [6, 6.07) is 71.7. The van der Waals surface area contributed by atoms with Gasteiger partial charge < -0.3 is 13.7 Å². The van der Waals surface area contributed by atoms with E-state index in [4.69, 9.17) is 8.83 Å². The molecule has 3 nitrogen and oxygen atoms in total. The minimum absolute atomic E-state index is 0.902. The fraction of sp³-hybridized carbons (Fsp3) is 0. The summed E-state index contributed by atoms with van der Waals surface area (Å²) in [6.07, 6.45) is 0. The Morgan fingerprint density at radius 1 is 0.263 bits per heavy atom. The first kappa shape index (κ1) is 31.7. The first-order valence-corrected chi connectivity index (χ1v) is 19.4. The van der Waals surface area contributed by atoms with Gasteiger partial charge in [-0.3, -0.25) is 0 Å². The summed E-state index contributed by atoms with van der Waals surface area (Å²) in [7, 11) is 0. The third-order valence-corrected chi connectivity index (χ3v) is 11.7. The molecule has 266 valence electrons. The SMILES string of the molecule is c1ccc2c(c1)oc1ccc(-c3ccc(N(c4ccc(-c5cccc6c5oc5ccccc56)cc4)c4ccc5c6ccccc6c6ccccc6c5c4)cc3)cc12. The molecule has 0 saturated heterocycles. The van der Waals surface area contributed by atoms with Gasteiger partial charge in [-0.05, 0) is 110 Å². The predicted octanol–water partition coefficient (Wildman–Crippen LogP) is 15.7. The van der Waals surface area contributed by atoms with Crippen molar-refractivity contribution in [1.82, 2.24) is 0 Å². The van der Waals surface area contributed by atoms with Crippen molar-refractivity contribution < 1.29 is 8.83 Å². The molecule has 3 heteroatoms. The molecule has 0 unspecified atom stereocenters. The number of hydrogen-bond acceptors (Lipinski definition) is 3. The second-order valence-electron chi connectivity index (χ2n) is 14.8. The van der Waals surface area contributed by atoms with Gasteiger partial charge in [0.15, 0.2) is 0 Å². The topological polar surface area (TPSA) is 29.5 Å². The van der Waals surface area contributed by atoms with Crippen LogP contribution in [0.2, 0.25) is 0 Å². The van der Waals surface area contributed by atoms with Crippen LogP contribution in [0.1, 0.15) is 0 Å². The molecule has 12 rings (SSSR count). The van der Waals surface area contributed by atoms with Crippen LogP contribution >= 0.6 is 0 Å². The number of fused-ring (bicyclic) bond motifs is 12.